The molecule has 1 aliphatic heterocycles. The highest BCUT2D eigenvalue weighted by atomic mass is 16.5. The van der Waals surface area contributed by atoms with Gasteiger partial charge in [0.05, 0.1) is 18.7 Å². The van der Waals surface area contributed by atoms with Crippen molar-refractivity contribution < 1.29 is 9.53 Å². The van der Waals surface area contributed by atoms with Gasteiger partial charge in [0.15, 0.2) is 0 Å². The molecule has 0 N–H and O–H groups in total. The van der Waals surface area contributed by atoms with Crippen LogP contribution in [0, 0.1) is 0 Å². The molecule has 0 fully saturated rings. The largest absolute Gasteiger partial charge is 0.497 e. The van der Waals surface area contributed by atoms with Crippen LogP contribution in [0.15, 0.2) is 53.5 Å². The van der Waals surface area contributed by atoms with Gasteiger partial charge in [-0.25, -0.2) is 4.68 Å². The third-order valence-corrected chi connectivity index (χ3v) is 4.75. The summed E-state index contributed by atoms with van der Waals surface area (Å²) in [5.41, 5.74) is 1.72. The molecule has 3 aromatic rings. The smallest absolute Gasteiger partial charge is 0.275 e. The first-order valence-corrected chi connectivity index (χ1v) is 8.59. The summed E-state index contributed by atoms with van der Waals surface area (Å²) in [5.74, 6) is 0.645. The molecule has 1 aliphatic rings. The second-order valence-corrected chi connectivity index (χ2v) is 6.34. The first-order valence-electron chi connectivity index (χ1n) is 8.59. The molecular weight excluding hydrogens is 330 g/mol. The molecule has 0 bridgehead atoms. The van der Waals surface area contributed by atoms with E-state index in [4.69, 9.17) is 4.74 Å². The summed E-state index contributed by atoms with van der Waals surface area (Å²) in [7, 11) is 1.63. The molecule has 2 heterocycles. The first-order chi connectivity index (χ1) is 12.7. The molecule has 132 valence electrons. The van der Waals surface area contributed by atoms with Crippen LogP contribution < -0.4 is 15.2 Å². The number of carbonyl (C=O) groups is 1. The van der Waals surface area contributed by atoms with Crippen molar-refractivity contribution in [2.45, 2.75) is 19.4 Å². The number of fused-ring (bicyclic) bond motifs is 2. The van der Waals surface area contributed by atoms with E-state index in [2.05, 4.69) is 5.10 Å². The van der Waals surface area contributed by atoms with E-state index in [1.165, 1.54) is 4.68 Å². The molecular formula is C20H19N3O3. The van der Waals surface area contributed by atoms with Crippen LogP contribution in [0.3, 0.4) is 0 Å². The lowest BCUT2D eigenvalue weighted by Crippen LogP contribution is -2.40. The molecule has 6 heteroatoms. The number of anilines is 1. The Kier molecular flexibility index (Phi) is 4.16. The number of benzene rings is 2. The van der Waals surface area contributed by atoms with Gasteiger partial charge < -0.3 is 9.64 Å². The number of hydrogen-bond acceptors (Lipinski definition) is 4. The molecule has 0 unspecified atom stereocenters. The van der Waals surface area contributed by atoms with Gasteiger partial charge in [-0.3, -0.25) is 9.59 Å². The molecule has 0 radical (unpaired) electrons. The SMILES string of the molecule is COc1ccc2c(c1)CCCN2C(=O)Cn1ncc2ccccc2c1=O. The molecule has 1 amide bonds. The van der Waals surface area contributed by atoms with Crippen molar-refractivity contribution in [2.24, 2.45) is 0 Å². The third kappa shape index (κ3) is 2.83. The van der Waals surface area contributed by atoms with E-state index in [1.807, 2.05) is 36.4 Å². The van der Waals surface area contributed by atoms with E-state index in [0.717, 1.165) is 35.2 Å². The maximum Gasteiger partial charge on any atom is 0.275 e. The van der Waals surface area contributed by atoms with Crippen molar-refractivity contribution in [2.75, 3.05) is 18.6 Å². The van der Waals surface area contributed by atoms with Crippen LogP contribution in [-0.4, -0.2) is 29.3 Å². The Hall–Kier alpha value is -3.15. The molecule has 0 saturated carbocycles. The summed E-state index contributed by atoms with van der Waals surface area (Å²) in [6.07, 6.45) is 3.41. The third-order valence-electron chi connectivity index (χ3n) is 4.75. The number of hydrogen-bond donors (Lipinski definition) is 0. The van der Waals surface area contributed by atoms with Gasteiger partial charge in [0.25, 0.3) is 5.56 Å². The van der Waals surface area contributed by atoms with Gasteiger partial charge in [0.2, 0.25) is 5.91 Å². The van der Waals surface area contributed by atoms with E-state index in [9.17, 15) is 9.59 Å². The van der Waals surface area contributed by atoms with Gasteiger partial charge in [-0.05, 0) is 42.7 Å². The molecule has 0 aliphatic carbocycles. The Morgan fingerprint density at radius 2 is 2.08 bits per heavy atom. The Balaban J connectivity index is 1.64. The fourth-order valence-electron chi connectivity index (χ4n) is 3.41. The summed E-state index contributed by atoms with van der Waals surface area (Å²) >= 11 is 0. The number of carbonyl (C=O) groups excluding carboxylic acids is 1. The van der Waals surface area contributed by atoms with Crippen LogP contribution in [0.25, 0.3) is 10.8 Å². The maximum atomic E-state index is 12.9. The molecule has 0 spiro atoms. The van der Waals surface area contributed by atoms with Crippen LogP contribution in [-0.2, 0) is 17.8 Å². The number of methoxy groups -OCH3 is 1. The minimum Gasteiger partial charge on any atom is -0.497 e. The standard InChI is InChI=1S/C20H19N3O3/c1-26-16-8-9-18-14(11-16)6-4-10-22(18)19(24)13-23-20(25)17-7-3-2-5-15(17)12-21-23/h2-3,5,7-9,11-12H,4,6,10,13H2,1H3. The monoisotopic (exact) mass is 349 g/mol. The van der Waals surface area contributed by atoms with Gasteiger partial charge in [0.1, 0.15) is 12.3 Å². The number of nitrogens with zero attached hydrogens (tertiary/aromatic N) is 3. The zero-order chi connectivity index (χ0) is 18.1. The maximum absolute atomic E-state index is 12.9. The van der Waals surface area contributed by atoms with Crippen LogP contribution in [0.5, 0.6) is 5.75 Å². The Morgan fingerprint density at radius 1 is 1.23 bits per heavy atom. The van der Waals surface area contributed by atoms with Gasteiger partial charge in [-0.1, -0.05) is 18.2 Å². The molecule has 26 heavy (non-hydrogen) atoms. The van der Waals surface area contributed by atoms with Crippen molar-refractivity contribution in [1.29, 1.82) is 0 Å². The molecule has 1 aromatic heterocycles. The van der Waals surface area contributed by atoms with Gasteiger partial charge in [0, 0.05) is 17.6 Å². The lowest BCUT2D eigenvalue weighted by Gasteiger charge is -2.29. The predicted octanol–water partition coefficient (Wildman–Crippen LogP) is 2.38. The zero-order valence-corrected chi connectivity index (χ0v) is 14.5. The van der Waals surface area contributed by atoms with Crippen LogP contribution in [0.4, 0.5) is 5.69 Å². The summed E-state index contributed by atoms with van der Waals surface area (Å²) in [5, 5.41) is 5.50. The molecule has 0 atom stereocenters. The van der Waals surface area contributed by atoms with Crippen molar-refractivity contribution in [1.82, 2.24) is 9.78 Å². The highest BCUT2D eigenvalue weighted by Gasteiger charge is 2.23. The van der Waals surface area contributed by atoms with Gasteiger partial charge >= 0.3 is 0 Å². The fraction of sp³-hybridized carbons (Fsp3) is 0.250. The number of ether oxygens (including phenoxy) is 1. The Morgan fingerprint density at radius 3 is 2.92 bits per heavy atom. The number of aromatic nitrogens is 2. The Bertz CT molecular complexity index is 1040. The summed E-state index contributed by atoms with van der Waals surface area (Å²) in [6.45, 7) is 0.565. The van der Waals surface area contributed by atoms with E-state index in [0.29, 0.717) is 11.9 Å². The first kappa shape index (κ1) is 16.3. The van der Waals surface area contributed by atoms with Crippen LogP contribution >= 0.6 is 0 Å². The van der Waals surface area contributed by atoms with Crippen LogP contribution in [0.1, 0.15) is 12.0 Å². The normalized spacial score (nSPS) is 13.5. The van der Waals surface area contributed by atoms with Crippen molar-refractivity contribution in [3.8, 4) is 5.75 Å². The number of amides is 1. The number of rotatable bonds is 3. The second kappa shape index (κ2) is 6.63. The van der Waals surface area contributed by atoms with Crippen LogP contribution in [0.2, 0.25) is 0 Å². The summed E-state index contributed by atoms with van der Waals surface area (Å²) < 4.78 is 6.51. The second-order valence-electron chi connectivity index (χ2n) is 6.34. The summed E-state index contributed by atoms with van der Waals surface area (Å²) in [6, 6.07) is 13.0. The van der Waals surface area contributed by atoms with E-state index < -0.39 is 0 Å². The average Bonchev–Trinajstić information content (AvgIpc) is 2.69. The highest BCUT2D eigenvalue weighted by molar-refractivity contribution is 5.94. The summed E-state index contributed by atoms with van der Waals surface area (Å²) in [4.78, 5) is 27.2. The Labute approximate surface area is 150 Å². The fourth-order valence-corrected chi connectivity index (χ4v) is 3.41. The van der Waals surface area contributed by atoms with E-state index in [-0.39, 0.29) is 18.0 Å². The quantitative estimate of drug-likeness (QED) is 0.728. The van der Waals surface area contributed by atoms with Crippen molar-refractivity contribution in [3.05, 3.63) is 64.6 Å². The minimum atomic E-state index is -0.247. The molecule has 4 rings (SSSR count). The van der Waals surface area contributed by atoms with Gasteiger partial charge in [-0.15, -0.1) is 0 Å². The average molecular weight is 349 g/mol. The van der Waals surface area contributed by atoms with E-state index >= 15 is 0 Å². The molecule has 0 saturated heterocycles. The minimum absolute atomic E-state index is 0.0743. The topological polar surface area (TPSA) is 64.4 Å². The number of aryl methyl sites for hydroxylation is 1. The zero-order valence-electron chi connectivity index (χ0n) is 14.5. The van der Waals surface area contributed by atoms with E-state index in [1.54, 1.807) is 24.3 Å². The predicted molar refractivity (Wildman–Crippen MR) is 99.7 cm³/mol. The highest BCUT2D eigenvalue weighted by Crippen LogP contribution is 2.30. The van der Waals surface area contributed by atoms with Crippen molar-refractivity contribution in [3.63, 3.8) is 0 Å². The molecule has 2 aromatic carbocycles. The lowest BCUT2D eigenvalue weighted by molar-refractivity contribution is -0.119. The van der Waals surface area contributed by atoms with Crippen molar-refractivity contribution >= 4 is 22.4 Å². The van der Waals surface area contributed by atoms with Gasteiger partial charge in [-0.2, -0.15) is 5.10 Å². The lowest BCUT2D eigenvalue weighted by atomic mass is 10.0. The molecule has 6 nitrogen and oxygen atoms in total.